The van der Waals surface area contributed by atoms with Crippen LogP contribution in [0.5, 0.6) is 11.5 Å². The molecular formula is C23H26ClNO4. The largest absolute Gasteiger partial charge is 0.481 e. The molecule has 6 heteroatoms. The number of carboxylic acids is 1. The maximum Gasteiger partial charge on any atom is 0.303 e. The SMILES string of the molecule is Cl.O=C(O)CC1CCN(CCC=C2c3ccccc3OCOc3ccccc32)C1. The summed E-state index contributed by atoms with van der Waals surface area (Å²) in [5.74, 6) is 1.23. The number of carbonyl (C=O) groups is 1. The molecule has 1 fully saturated rings. The topological polar surface area (TPSA) is 59.0 Å². The number of carboxylic acid groups (broad SMARTS) is 1. The van der Waals surface area contributed by atoms with Gasteiger partial charge in [0.05, 0.1) is 0 Å². The maximum absolute atomic E-state index is 10.9. The molecule has 2 aliphatic heterocycles. The minimum Gasteiger partial charge on any atom is -0.481 e. The number of rotatable bonds is 5. The number of fused-ring (bicyclic) bond motifs is 2. The van der Waals surface area contributed by atoms with Crippen molar-refractivity contribution in [3.63, 3.8) is 0 Å². The smallest absolute Gasteiger partial charge is 0.303 e. The van der Waals surface area contributed by atoms with Crippen molar-refractivity contribution in [3.8, 4) is 11.5 Å². The van der Waals surface area contributed by atoms with Gasteiger partial charge in [0.2, 0.25) is 6.79 Å². The van der Waals surface area contributed by atoms with Gasteiger partial charge in [0, 0.05) is 30.6 Å². The molecule has 5 nitrogen and oxygen atoms in total. The third-order valence-electron chi connectivity index (χ3n) is 5.41. The van der Waals surface area contributed by atoms with E-state index in [1.165, 1.54) is 0 Å². The summed E-state index contributed by atoms with van der Waals surface area (Å²) in [5.41, 5.74) is 3.26. The van der Waals surface area contributed by atoms with Crippen LogP contribution in [0.2, 0.25) is 0 Å². The van der Waals surface area contributed by atoms with Gasteiger partial charge in [-0.25, -0.2) is 0 Å². The molecule has 2 aromatic rings. The quantitative estimate of drug-likeness (QED) is 0.781. The summed E-state index contributed by atoms with van der Waals surface area (Å²) in [6.45, 7) is 2.96. The van der Waals surface area contributed by atoms with Crippen LogP contribution in [0.3, 0.4) is 0 Å². The molecule has 1 N–H and O–H groups in total. The first-order valence-corrected chi connectivity index (χ1v) is 9.79. The van der Waals surface area contributed by atoms with E-state index in [0.29, 0.717) is 0 Å². The van der Waals surface area contributed by atoms with Crippen LogP contribution in [0.15, 0.2) is 54.6 Å². The zero-order valence-corrected chi connectivity index (χ0v) is 17.1. The van der Waals surface area contributed by atoms with Crippen molar-refractivity contribution in [1.82, 2.24) is 4.90 Å². The summed E-state index contributed by atoms with van der Waals surface area (Å²) in [5, 5.41) is 8.99. The Bertz CT molecular complexity index is 833. The molecule has 0 bridgehead atoms. The molecule has 29 heavy (non-hydrogen) atoms. The van der Waals surface area contributed by atoms with E-state index in [0.717, 1.165) is 60.7 Å². The van der Waals surface area contributed by atoms with Gasteiger partial charge in [-0.1, -0.05) is 42.5 Å². The predicted octanol–water partition coefficient (Wildman–Crippen LogP) is 4.46. The fourth-order valence-electron chi connectivity index (χ4n) is 4.07. The van der Waals surface area contributed by atoms with Gasteiger partial charge in [0.25, 0.3) is 0 Å². The van der Waals surface area contributed by atoms with Crippen molar-refractivity contribution in [2.45, 2.75) is 19.3 Å². The monoisotopic (exact) mass is 415 g/mol. The number of nitrogens with zero attached hydrogens (tertiary/aromatic N) is 1. The summed E-state index contributed by atoms with van der Waals surface area (Å²) < 4.78 is 11.6. The number of aliphatic carboxylic acids is 1. The Morgan fingerprint density at radius 3 is 2.31 bits per heavy atom. The first-order chi connectivity index (χ1) is 13.7. The van der Waals surface area contributed by atoms with Crippen molar-refractivity contribution >= 4 is 23.9 Å². The van der Waals surface area contributed by atoms with Gasteiger partial charge >= 0.3 is 5.97 Å². The van der Waals surface area contributed by atoms with E-state index in [-0.39, 0.29) is 31.5 Å². The minimum absolute atomic E-state index is 0. The Kier molecular flexibility index (Phi) is 7.18. The molecule has 1 saturated heterocycles. The number of hydrogen-bond donors (Lipinski definition) is 1. The fraction of sp³-hybridized carbons (Fsp3) is 0.348. The van der Waals surface area contributed by atoms with Crippen molar-refractivity contribution in [2.75, 3.05) is 26.4 Å². The Morgan fingerprint density at radius 1 is 1.07 bits per heavy atom. The van der Waals surface area contributed by atoms with E-state index < -0.39 is 5.97 Å². The highest BCUT2D eigenvalue weighted by molar-refractivity contribution is 5.86. The van der Waals surface area contributed by atoms with Gasteiger partial charge in [-0.2, -0.15) is 0 Å². The highest BCUT2D eigenvalue weighted by Crippen LogP contribution is 2.37. The van der Waals surface area contributed by atoms with Crippen molar-refractivity contribution in [3.05, 3.63) is 65.7 Å². The number of ether oxygens (including phenoxy) is 2. The second-order valence-corrected chi connectivity index (χ2v) is 7.36. The Labute approximate surface area is 177 Å². The summed E-state index contributed by atoms with van der Waals surface area (Å²) in [6, 6.07) is 16.1. The summed E-state index contributed by atoms with van der Waals surface area (Å²) in [4.78, 5) is 13.3. The molecule has 2 aromatic carbocycles. The summed E-state index contributed by atoms with van der Waals surface area (Å²) >= 11 is 0. The van der Waals surface area contributed by atoms with E-state index in [9.17, 15) is 4.79 Å². The van der Waals surface area contributed by atoms with E-state index in [1.807, 2.05) is 36.4 Å². The molecular weight excluding hydrogens is 390 g/mol. The first kappa shape index (κ1) is 21.2. The van der Waals surface area contributed by atoms with Crippen molar-refractivity contribution in [1.29, 1.82) is 0 Å². The molecule has 2 aliphatic rings. The Morgan fingerprint density at radius 2 is 1.69 bits per heavy atom. The number of likely N-dealkylation sites (tertiary alicyclic amines) is 1. The lowest BCUT2D eigenvalue weighted by Crippen LogP contribution is -2.22. The molecule has 0 spiro atoms. The molecule has 1 atom stereocenters. The van der Waals surface area contributed by atoms with E-state index >= 15 is 0 Å². The maximum atomic E-state index is 10.9. The lowest BCUT2D eigenvalue weighted by Gasteiger charge is -2.21. The van der Waals surface area contributed by atoms with Crippen LogP contribution in [0, 0.1) is 5.92 Å². The van der Waals surface area contributed by atoms with E-state index in [2.05, 4.69) is 23.1 Å². The van der Waals surface area contributed by atoms with Crippen LogP contribution < -0.4 is 9.47 Å². The number of benzene rings is 2. The van der Waals surface area contributed by atoms with Gasteiger partial charge in [0.15, 0.2) is 0 Å². The third-order valence-corrected chi connectivity index (χ3v) is 5.41. The summed E-state index contributed by atoms with van der Waals surface area (Å²) in [7, 11) is 0. The molecule has 0 amide bonds. The fourth-order valence-corrected chi connectivity index (χ4v) is 4.07. The number of hydrogen-bond acceptors (Lipinski definition) is 4. The molecule has 4 rings (SSSR count). The van der Waals surface area contributed by atoms with Crippen LogP contribution in [0.25, 0.3) is 5.57 Å². The Balaban J connectivity index is 0.00000240. The average Bonchev–Trinajstić information content (AvgIpc) is 3.11. The molecule has 0 saturated carbocycles. The van der Waals surface area contributed by atoms with Gasteiger partial charge < -0.3 is 19.5 Å². The van der Waals surface area contributed by atoms with Gasteiger partial charge in [0.1, 0.15) is 11.5 Å². The summed E-state index contributed by atoms with van der Waals surface area (Å²) in [6.07, 6.45) is 4.38. The van der Waals surface area contributed by atoms with Crippen LogP contribution >= 0.6 is 12.4 Å². The van der Waals surface area contributed by atoms with E-state index in [4.69, 9.17) is 14.6 Å². The van der Waals surface area contributed by atoms with Crippen LogP contribution in [-0.2, 0) is 4.79 Å². The molecule has 154 valence electrons. The molecule has 2 heterocycles. The number of halogens is 1. The lowest BCUT2D eigenvalue weighted by atomic mass is 9.95. The van der Waals surface area contributed by atoms with Crippen molar-refractivity contribution < 1.29 is 19.4 Å². The predicted molar refractivity (Wildman–Crippen MR) is 115 cm³/mol. The van der Waals surface area contributed by atoms with Gasteiger partial charge in [-0.05, 0) is 43.0 Å². The highest BCUT2D eigenvalue weighted by Gasteiger charge is 2.24. The molecule has 1 unspecified atom stereocenters. The third kappa shape index (κ3) is 5.11. The second kappa shape index (κ2) is 9.81. The average molecular weight is 416 g/mol. The highest BCUT2D eigenvalue weighted by atomic mass is 35.5. The Hall–Kier alpha value is -2.50. The van der Waals surface area contributed by atoms with Crippen LogP contribution in [-0.4, -0.2) is 42.4 Å². The molecule has 0 aliphatic carbocycles. The van der Waals surface area contributed by atoms with Gasteiger partial charge in [-0.3, -0.25) is 4.79 Å². The molecule has 0 aromatic heterocycles. The zero-order valence-electron chi connectivity index (χ0n) is 16.3. The lowest BCUT2D eigenvalue weighted by molar-refractivity contribution is -0.138. The van der Waals surface area contributed by atoms with Crippen LogP contribution in [0.1, 0.15) is 30.4 Å². The van der Waals surface area contributed by atoms with Crippen LogP contribution in [0.4, 0.5) is 0 Å². The van der Waals surface area contributed by atoms with Crippen molar-refractivity contribution in [2.24, 2.45) is 5.92 Å². The zero-order chi connectivity index (χ0) is 19.3. The normalized spacial score (nSPS) is 18.2. The number of para-hydroxylation sites is 2. The molecule has 0 radical (unpaired) electrons. The first-order valence-electron chi connectivity index (χ1n) is 9.79. The van der Waals surface area contributed by atoms with Gasteiger partial charge in [-0.15, -0.1) is 12.4 Å². The second-order valence-electron chi connectivity index (χ2n) is 7.36. The van der Waals surface area contributed by atoms with E-state index in [1.54, 1.807) is 0 Å². The standard InChI is InChI=1S/C23H25NO4.ClH/c25-23(26)14-17-11-13-24(15-17)12-5-8-18-19-6-1-3-9-21(19)27-16-28-22-10-4-2-7-20(18)22;/h1-4,6-10,17H,5,11-16H2,(H,25,26);1H. The minimum atomic E-state index is -0.697.